The van der Waals surface area contributed by atoms with Crippen molar-refractivity contribution >= 4 is 35.7 Å². The van der Waals surface area contributed by atoms with Crippen molar-refractivity contribution in [3.05, 3.63) is 58.6 Å². The molecule has 0 radical (unpaired) electrons. The number of benzene rings is 2. The highest BCUT2D eigenvalue weighted by molar-refractivity contribution is 6.05. The fourth-order valence-electron chi connectivity index (χ4n) is 2.95. The minimum absolute atomic E-state index is 0. The average molecular weight is 435 g/mol. The second-order valence-electron chi connectivity index (χ2n) is 6.72. The van der Waals surface area contributed by atoms with Gasteiger partial charge in [0.2, 0.25) is 11.9 Å². The molecule has 2 aromatic carbocycles. The summed E-state index contributed by atoms with van der Waals surface area (Å²) in [4.78, 5) is 20.3. The van der Waals surface area contributed by atoms with E-state index >= 15 is 0 Å². The number of ether oxygens (including phenoxy) is 2. The first kappa shape index (κ1) is 22.8. The minimum atomic E-state index is -0.687. The number of nitro benzene ring substituents is 1. The zero-order valence-electron chi connectivity index (χ0n) is 16.5. The van der Waals surface area contributed by atoms with E-state index in [1.807, 2.05) is 38.1 Å². The van der Waals surface area contributed by atoms with Gasteiger partial charge in [0.05, 0.1) is 4.92 Å². The minimum Gasteiger partial charge on any atom is -0.490 e. The molecule has 160 valence electrons. The smallest absolute Gasteiger partial charge is 0.269 e. The van der Waals surface area contributed by atoms with Gasteiger partial charge in [-0.3, -0.25) is 15.0 Å². The van der Waals surface area contributed by atoms with Crippen LogP contribution in [-0.2, 0) is 0 Å². The van der Waals surface area contributed by atoms with Crippen molar-refractivity contribution in [1.29, 1.82) is 0 Å². The van der Waals surface area contributed by atoms with Crippen molar-refractivity contribution in [3.8, 4) is 11.5 Å². The molecule has 4 N–H and O–H groups in total. The van der Waals surface area contributed by atoms with Crippen LogP contribution in [0, 0.1) is 10.1 Å². The molecule has 1 heterocycles. The lowest BCUT2D eigenvalue weighted by Gasteiger charge is -2.38. The van der Waals surface area contributed by atoms with E-state index in [1.165, 1.54) is 12.1 Å². The highest BCUT2D eigenvalue weighted by atomic mass is 35.5. The first-order valence-corrected chi connectivity index (χ1v) is 8.86. The second-order valence-corrected chi connectivity index (χ2v) is 6.72. The van der Waals surface area contributed by atoms with Gasteiger partial charge < -0.3 is 20.9 Å². The lowest BCUT2D eigenvalue weighted by Crippen LogP contribution is -2.54. The van der Waals surface area contributed by atoms with Crippen LogP contribution >= 0.6 is 12.4 Å². The summed E-state index contributed by atoms with van der Waals surface area (Å²) < 4.78 is 11.3. The van der Waals surface area contributed by atoms with Crippen molar-refractivity contribution < 1.29 is 14.4 Å². The predicted octanol–water partition coefficient (Wildman–Crippen LogP) is 2.66. The summed E-state index contributed by atoms with van der Waals surface area (Å²) in [6.45, 7) is 4.33. The van der Waals surface area contributed by atoms with Gasteiger partial charge in [-0.15, -0.1) is 12.4 Å². The molecule has 0 fully saturated rings. The predicted molar refractivity (Wildman–Crippen MR) is 118 cm³/mol. The maximum absolute atomic E-state index is 10.7. The average Bonchev–Trinajstić information content (AvgIpc) is 2.64. The van der Waals surface area contributed by atoms with E-state index in [2.05, 4.69) is 9.98 Å². The van der Waals surface area contributed by atoms with E-state index in [1.54, 1.807) is 17.0 Å². The number of rotatable bonds is 7. The molecule has 0 saturated carbocycles. The molecule has 30 heavy (non-hydrogen) atoms. The van der Waals surface area contributed by atoms with Crippen molar-refractivity contribution in [2.24, 2.45) is 21.5 Å². The van der Waals surface area contributed by atoms with Gasteiger partial charge in [-0.05, 0) is 38.1 Å². The van der Waals surface area contributed by atoms with Gasteiger partial charge in [-0.25, -0.2) is 4.99 Å². The van der Waals surface area contributed by atoms with Crippen molar-refractivity contribution in [3.63, 3.8) is 0 Å². The van der Waals surface area contributed by atoms with Crippen LogP contribution in [-0.4, -0.2) is 35.7 Å². The third-order valence-electron chi connectivity index (χ3n) is 4.14. The summed E-state index contributed by atoms with van der Waals surface area (Å²) in [5.41, 5.74) is 11.9. The molecule has 0 amide bonds. The number of guanidine groups is 2. The normalized spacial score (nSPS) is 14.8. The quantitative estimate of drug-likeness (QED) is 0.387. The van der Waals surface area contributed by atoms with Crippen LogP contribution in [0.2, 0.25) is 0 Å². The Morgan fingerprint density at radius 2 is 1.70 bits per heavy atom. The fraction of sp³-hybridized carbons (Fsp3) is 0.263. The lowest BCUT2D eigenvalue weighted by atomic mass is 10.1. The van der Waals surface area contributed by atoms with Crippen molar-refractivity contribution in [2.45, 2.75) is 19.5 Å². The molecule has 0 aromatic heterocycles. The molecular weight excluding hydrogens is 412 g/mol. The number of anilines is 1. The zero-order valence-corrected chi connectivity index (χ0v) is 17.3. The summed E-state index contributed by atoms with van der Waals surface area (Å²) in [6.07, 6.45) is 0. The van der Waals surface area contributed by atoms with Crippen LogP contribution in [0.15, 0.2) is 58.5 Å². The molecule has 0 bridgehead atoms. The summed E-state index contributed by atoms with van der Waals surface area (Å²) in [5, 5.41) is 10.7. The van der Waals surface area contributed by atoms with Crippen LogP contribution < -0.4 is 25.8 Å². The van der Waals surface area contributed by atoms with Gasteiger partial charge >= 0.3 is 0 Å². The monoisotopic (exact) mass is 434 g/mol. The SMILES string of the molecule is CC1(C)N=C(N)N=C(N)N1c1cccc(OCCOc2ccc([N+](=O)[O-])cc2)c1.Cl. The third-order valence-corrected chi connectivity index (χ3v) is 4.14. The number of non-ortho nitro benzene ring substituents is 1. The fourth-order valence-corrected chi connectivity index (χ4v) is 2.95. The third kappa shape index (κ3) is 5.29. The number of nitrogens with zero attached hydrogens (tertiary/aromatic N) is 4. The molecule has 0 saturated heterocycles. The topological polar surface area (TPSA) is 142 Å². The second kappa shape index (κ2) is 9.31. The van der Waals surface area contributed by atoms with E-state index in [4.69, 9.17) is 20.9 Å². The van der Waals surface area contributed by atoms with Gasteiger partial charge in [0, 0.05) is 23.9 Å². The lowest BCUT2D eigenvalue weighted by molar-refractivity contribution is -0.384. The molecule has 0 atom stereocenters. The number of halogens is 1. The van der Waals surface area contributed by atoms with Crippen molar-refractivity contribution in [2.75, 3.05) is 18.1 Å². The van der Waals surface area contributed by atoms with Gasteiger partial charge in [0.1, 0.15) is 30.4 Å². The largest absolute Gasteiger partial charge is 0.490 e. The van der Waals surface area contributed by atoms with Crippen LogP contribution in [0.3, 0.4) is 0 Å². The van der Waals surface area contributed by atoms with E-state index in [0.29, 0.717) is 18.1 Å². The highest BCUT2D eigenvalue weighted by Gasteiger charge is 2.33. The summed E-state index contributed by atoms with van der Waals surface area (Å²) in [6, 6.07) is 13.2. The number of nitrogens with two attached hydrogens (primary N) is 2. The Morgan fingerprint density at radius 1 is 1.07 bits per heavy atom. The summed E-state index contributed by atoms with van der Waals surface area (Å²) in [5.74, 6) is 1.55. The molecule has 3 rings (SSSR count). The standard InChI is InChI=1S/C19H22N6O4.ClH/c1-19(2)23-17(20)22-18(21)24(19)14-4-3-5-16(12-14)29-11-10-28-15-8-6-13(7-9-15)25(26)27;/h3-9,12H,10-11H2,1-2H3,(H4,20,21,22,23);1H. The van der Waals surface area contributed by atoms with Gasteiger partial charge in [0.15, 0.2) is 0 Å². The Kier molecular flexibility index (Phi) is 7.06. The maximum Gasteiger partial charge on any atom is 0.269 e. The first-order chi connectivity index (χ1) is 13.8. The Bertz CT molecular complexity index is 962. The molecular formula is C19H23ClN6O4. The van der Waals surface area contributed by atoms with Crippen LogP contribution in [0.25, 0.3) is 0 Å². The molecule has 1 aliphatic rings. The summed E-state index contributed by atoms with van der Waals surface area (Å²) in [7, 11) is 0. The van der Waals surface area contributed by atoms with E-state index in [0.717, 1.165) is 5.69 Å². The molecule has 1 aliphatic heterocycles. The summed E-state index contributed by atoms with van der Waals surface area (Å²) >= 11 is 0. The van der Waals surface area contributed by atoms with E-state index in [-0.39, 0.29) is 36.6 Å². The molecule has 0 unspecified atom stereocenters. The number of hydrogen-bond acceptors (Lipinski definition) is 9. The molecule has 11 heteroatoms. The molecule has 2 aromatic rings. The Hall–Kier alpha value is -3.53. The number of aliphatic imine (C=N–C) groups is 2. The van der Waals surface area contributed by atoms with Gasteiger partial charge in [-0.1, -0.05) is 6.07 Å². The number of hydrogen-bond donors (Lipinski definition) is 2. The van der Waals surface area contributed by atoms with E-state index in [9.17, 15) is 10.1 Å². The molecule has 0 aliphatic carbocycles. The van der Waals surface area contributed by atoms with Gasteiger partial charge in [0.25, 0.3) is 5.69 Å². The first-order valence-electron chi connectivity index (χ1n) is 8.86. The van der Waals surface area contributed by atoms with Gasteiger partial charge in [-0.2, -0.15) is 4.99 Å². The van der Waals surface area contributed by atoms with Crippen molar-refractivity contribution in [1.82, 2.24) is 0 Å². The molecule has 10 nitrogen and oxygen atoms in total. The number of nitro groups is 1. The Balaban J connectivity index is 0.00000320. The maximum atomic E-state index is 10.7. The zero-order chi connectivity index (χ0) is 21.0. The highest BCUT2D eigenvalue weighted by Crippen LogP contribution is 2.29. The van der Waals surface area contributed by atoms with Crippen LogP contribution in [0.1, 0.15) is 13.8 Å². The van der Waals surface area contributed by atoms with E-state index < -0.39 is 10.6 Å². The van der Waals surface area contributed by atoms with Crippen LogP contribution in [0.4, 0.5) is 11.4 Å². The Morgan fingerprint density at radius 3 is 2.30 bits per heavy atom. The van der Waals surface area contributed by atoms with Crippen LogP contribution in [0.5, 0.6) is 11.5 Å². The molecule has 0 spiro atoms. The Labute approximate surface area is 179 Å².